The van der Waals surface area contributed by atoms with Gasteiger partial charge in [-0.3, -0.25) is 35.1 Å². The molecule has 0 saturated heterocycles. The van der Waals surface area contributed by atoms with Crippen LogP contribution in [-0.2, 0) is 16.8 Å². The van der Waals surface area contributed by atoms with Gasteiger partial charge in [0.2, 0.25) is 0 Å². The van der Waals surface area contributed by atoms with Crippen molar-refractivity contribution in [2.24, 2.45) is 67.1 Å². The van der Waals surface area contributed by atoms with E-state index in [0.29, 0.717) is 0 Å². The number of hydrogen-bond acceptors (Lipinski definition) is 24. The third-order valence-corrected chi connectivity index (χ3v) is 0. The maximum absolute atomic E-state index is 8.00. The Morgan fingerprint density at radius 1 is 0.357 bits per heavy atom. The molecular formula is H12CoN12Na3O12-3. The average Bonchev–Trinajstić information content (AvgIpc) is 2.57. The predicted molar refractivity (Wildman–Crippen MR) is 80.1 cm³/mol. The Morgan fingerprint density at radius 2 is 0.357 bits per heavy atom. The Morgan fingerprint density at radius 3 is 0.357 bits per heavy atom. The van der Waals surface area contributed by atoms with Crippen LogP contribution in [0.25, 0.3) is 0 Å². The van der Waals surface area contributed by atoms with E-state index >= 15 is 0 Å². The zero-order valence-corrected chi connectivity index (χ0v) is 21.4. The third-order valence-electron chi connectivity index (χ3n) is 0. The zero-order chi connectivity index (χ0) is 22.2. The van der Waals surface area contributed by atoms with Gasteiger partial charge in [-0.05, 0) is 0 Å². The molecule has 0 amide bonds. The second kappa shape index (κ2) is 547. The van der Waals surface area contributed by atoms with Gasteiger partial charge in [-0.25, -0.2) is 0 Å². The van der Waals surface area contributed by atoms with Gasteiger partial charge in [-0.15, -0.1) is 32.0 Å². The molecule has 24 nitrogen and oxygen atoms in total. The fourth-order valence-corrected chi connectivity index (χ4v) is 0. The van der Waals surface area contributed by atoms with Crippen LogP contribution in [-0.4, -0.2) is 0 Å². The second-order valence-corrected chi connectivity index (χ2v) is 0.447. The van der Waals surface area contributed by atoms with Crippen LogP contribution < -0.4 is 124 Å². The van der Waals surface area contributed by atoms with E-state index in [2.05, 4.69) is 35.1 Å². The maximum Gasteiger partial charge on any atom is 1.00 e. The van der Waals surface area contributed by atoms with Crippen molar-refractivity contribution in [3.63, 3.8) is 0 Å². The van der Waals surface area contributed by atoms with Gasteiger partial charge in [-0.1, -0.05) is 0 Å². The molecule has 0 unspecified atom stereocenters. The normalized spacial score (nSPS) is 3.21. The molecule has 12 N–H and O–H groups in total. The number of hydrazine groups is 3. The van der Waals surface area contributed by atoms with Crippen molar-refractivity contribution in [3.05, 3.63) is 60.7 Å². The van der Waals surface area contributed by atoms with Crippen LogP contribution in [0.5, 0.6) is 0 Å². The van der Waals surface area contributed by atoms with Crippen LogP contribution in [0.15, 0.2) is 32.0 Å². The molecule has 0 aromatic heterocycles. The Labute approximate surface area is 231 Å². The minimum Gasteiger partial charge on any atom is -0.444 e. The summed E-state index contributed by atoms with van der Waals surface area (Å²) < 4.78 is 0. The molecule has 0 aromatic carbocycles. The molecule has 0 bridgehead atoms. The molecule has 0 aliphatic rings. The summed E-state index contributed by atoms with van der Waals surface area (Å²) in [5, 5.41) is 54.0. The van der Waals surface area contributed by atoms with E-state index in [1.54, 1.807) is 0 Å². The van der Waals surface area contributed by atoms with Crippen molar-refractivity contribution >= 4 is 0 Å². The molecule has 0 aliphatic heterocycles. The predicted octanol–water partition coefficient (Wildman–Crippen LogP) is -11.0. The molecule has 0 saturated carbocycles. The molecule has 0 fully saturated rings. The van der Waals surface area contributed by atoms with Gasteiger partial charge < -0.3 is 60.7 Å². The fraction of sp³-hybridized carbons (Fsp3) is 0. The molecule has 1 radical (unpaired) electrons. The zero-order valence-electron chi connectivity index (χ0n) is 14.4. The summed E-state index contributed by atoms with van der Waals surface area (Å²) in [6.45, 7) is 0. The second-order valence-electron chi connectivity index (χ2n) is 0.447. The van der Waals surface area contributed by atoms with E-state index in [1.807, 2.05) is 0 Å². The molecule has 0 atom stereocenters. The Balaban J connectivity index is -0.00000000812. The number of nitrogens with zero attached hydrogens (tertiary/aromatic N) is 6. The summed E-state index contributed by atoms with van der Waals surface area (Å²) in [7, 11) is 0. The van der Waals surface area contributed by atoms with Gasteiger partial charge in [0, 0.05) is 16.8 Å². The van der Waals surface area contributed by atoms with Gasteiger partial charge in [0.15, 0.2) is 0 Å². The standard InChI is InChI=1S/Co.3H4N2.6HNO2.3Na/c;3*1-2;6*2-1-3;;;/h;3*1-2H2;6*(H,2,3);;;/q;;;;;;;;;;3*+1/p-6. The summed E-state index contributed by atoms with van der Waals surface area (Å²) in [4.78, 5) is 48.0. The minimum atomic E-state index is 0. The average molecular weight is 500 g/mol. The van der Waals surface area contributed by atoms with E-state index in [4.69, 9.17) is 60.7 Å². The Kier molecular flexibility index (Phi) is 1790. The van der Waals surface area contributed by atoms with Crippen LogP contribution in [0.4, 0.5) is 0 Å². The van der Waals surface area contributed by atoms with Gasteiger partial charge in [0.05, 0.1) is 0 Å². The Bertz CT molecular complexity index is 135. The van der Waals surface area contributed by atoms with Gasteiger partial charge in [0.1, 0.15) is 0 Å². The summed E-state index contributed by atoms with van der Waals surface area (Å²) >= 11 is 0. The van der Waals surface area contributed by atoms with Crippen LogP contribution in [0.1, 0.15) is 0 Å². The van der Waals surface area contributed by atoms with Crippen molar-refractivity contribution in [3.8, 4) is 0 Å². The molecule has 0 rings (SSSR count). The topological polar surface area (TPSA) is 471 Å². The van der Waals surface area contributed by atoms with E-state index in [9.17, 15) is 0 Å². The first-order chi connectivity index (χ1) is 11.5. The molecule has 0 heterocycles. The van der Waals surface area contributed by atoms with Gasteiger partial charge >= 0.3 is 88.7 Å². The first-order valence-corrected chi connectivity index (χ1v) is 3.19. The van der Waals surface area contributed by atoms with E-state index in [0.717, 1.165) is 32.0 Å². The largest absolute Gasteiger partial charge is 1.00 e. The molecular weight excluding hydrogens is 488 g/mol. The monoisotopic (exact) mass is 500 g/mol. The summed E-state index contributed by atoms with van der Waals surface area (Å²) in [5.74, 6) is 24.0. The smallest absolute Gasteiger partial charge is 0.444 e. The molecule has 0 spiro atoms. The van der Waals surface area contributed by atoms with Crippen molar-refractivity contribution < 1.29 is 105 Å². The van der Waals surface area contributed by atoms with Crippen LogP contribution in [0.2, 0.25) is 0 Å². The Hall–Kier alpha value is -0.334. The molecule has 28 heavy (non-hydrogen) atoms. The molecule has 159 valence electrons. The summed E-state index contributed by atoms with van der Waals surface area (Å²) in [6.07, 6.45) is 0. The van der Waals surface area contributed by atoms with E-state index in [-0.39, 0.29) is 105 Å². The minimum absolute atomic E-state index is 0. The third kappa shape index (κ3) is 140000. The first-order valence-electron chi connectivity index (χ1n) is 3.19. The first kappa shape index (κ1) is 91.5. The molecule has 28 heteroatoms. The number of nitrogens with two attached hydrogens (primary N) is 6. The van der Waals surface area contributed by atoms with Gasteiger partial charge in [0.25, 0.3) is 0 Å². The van der Waals surface area contributed by atoms with Crippen molar-refractivity contribution in [1.82, 2.24) is 0 Å². The van der Waals surface area contributed by atoms with Gasteiger partial charge in [-0.2, -0.15) is 0 Å². The summed E-state index contributed by atoms with van der Waals surface area (Å²) in [6, 6.07) is 0. The van der Waals surface area contributed by atoms with Crippen molar-refractivity contribution in [2.45, 2.75) is 0 Å². The van der Waals surface area contributed by atoms with Crippen LogP contribution >= 0.6 is 0 Å². The SMILES string of the molecule is NN.NN.NN.O=N[O-].O=N[O-].O=N[O-].O=N[O-].O=N[O-].O=N[O-].[Co].[Na+].[Na+].[Na+]. The number of rotatable bonds is 0. The van der Waals surface area contributed by atoms with Crippen molar-refractivity contribution in [1.29, 1.82) is 0 Å². The van der Waals surface area contributed by atoms with E-state index < -0.39 is 0 Å². The van der Waals surface area contributed by atoms with E-state index in [1.165, 1.54) is 0 Å². The van der Waals surface area contributed by atoms with Crippen molar-refractivity contribution in [2.75, 3.05) is 0 Å². The quantitative estimate of drug-likeness (QED) is 0.0777. The molecule has 0 aliphatic carbocycles. The maximum atomic E-state index is 8.00. The fourth-order valence-electron chi connectivity index (χ4n) is 0. The number of hydrogen-bond donors (Lipinski definition) is 6. The molecule has 0 aromatic rings. The summed E-state index contributed by atoms with van der Waals surface area (Å²) in [5.41, 5.74) is 0. The van der Waals surface area contributed by atoms with Crippen LogP contribution in [0, 0.1) is 60.7 Å². The van der Waals surface area contributed by atoms with Crippen LogP contribution in [0.3, 0.4) is 0 Å².